The molecule has 0 saturated heterocycles. The number of aromatic nitrogens is 4. The van der Waals surface area contributed by atoms with E-state index in [0.29, 0.717) is 12.2 Å². The Morgan fingerprint density at radius 3 is 2.83 bits per heavy atom. The molecule has 0 bridgehead atoms. The zero-order valence-electron chi connectivity index (χ0n) is 19.6. The number of H-pyrrole nitrogens is 1. The molecule has 180 valence electrons. The van der Waals surface area contributed by atoms with Gasteiger partial charge in [-0.15, -0.1) is 0 Å². The largest absolute Gasteiger partial charge is 0.457 e. The molecular formula is C28H25N5O2S. The number of nitrogens with zero attached hydrogens (tertiary/aromatic N) is 3. The van der Waals surface area contributed by atoms with Crippen molar-refractivity contribution in [2.24, 2.45) is 0 Å². The average Bonchev–Trinajstić information content (AvgIpc) is 3.59. The van der Waals surface area contributed by atoms with Crippen molar-refractivity contribution in [3.63, 3.8) is 0 Å². The Labute approximate surface area is 212 Å². The zero-order chi connectivity index (χ0) is 24.1. The molecule has 0 spiro atoms. The summed E-state index contributed by atoms with van der Waals surface area (Å²) < 4.78 is 7.21. The van der Waals surface area contributed by atoms with Gasteiger partial charge in [0.2, 0.25) is 0 Å². The molecule has 3 heterocycles. The first-order chi connectivity index (χ1) is 17.7. The first kappa shape index (κ1) is 21.5. The van der Waals surface area contributed by atoms with E-state index in [-0.39, 0.29) is 6.04 Å². The van der Waals surface area contributed by atoms with E-state index in [1.54, 1.807) is 17.5 Å². The fourth-order valence-corrected chi connectivity index (χ4v) is 6.16. The van der Waals surface area contributed by atoms with Gasteiger partial charge in [0.1, 0.15) is 17.2 Å². The van der Waals surface area contributed by atoms with Crippen molar-refractivity contribution in [1.82, 2.24) is 19.9 Å². The lowest BCUT2D eigenvalue weighted by atomic mass is 10.0. The lowest BCUT2D eigenvalue weighted by molar-refractivity contribution is 0.166. The number of rotatable bonds is 5. The maximum atomic E-state index is 10.6. The molecule has 0 saturated carbocycles. The summed E-state index contributed by atoms with van der Waals surface area (Å²) in [6.07, 6.45) is 6.43. The highest BCUT2D eigenvalue weighted by Crippen LogP contribution is 2.37. The zero-order valence-corrected chi connectivity index (χ0v) is 20.4. The second-order valence-electron chi connectivity index (χ2n) is 9.44. The highest BCUT2D eigenvalue weighted by atomic mass is 32.1. The molecule has 0 fully saturated rings. The van der Waals surface area contributed by atoms with E-state index in [9.17, 15) is 5.11 Å². The molecule has 0 amide bonds. The normalized spacial score (nSPS) is 18.7. The Kier molecular flexibility index (Phi) is 5.22. The number of pyridine rings is 1. The smallest absolute Gasteiger partial charge is 0.184 e. The number of hydrogen-bond donors (Lipinski definition) is 3. The number of anilines is 1. The van der Waals surface area contributed by atoms with E-state index >= 15 is 0 Å². The van der Waals surface area contributed by atoms with E-state index in [2.05, 4.69) is 27.4 Å². The molecule has 3 N–H and O–H groups in total. The van der Waals surface area contributed by atoms with Gasteiger partial charge >= 0.3 is 0 Å². The monoisotopic (exact) mass is 495 g/mol. The van der Waals surface area contributed by atoms with Gasteiger partial charge in [0.25, 0.3) is 0 Å². The maximum absolute atomic E-state index is 10.6. The van der Waals surface area contributed by atoms with Crippen LogP contribution in [0.1, 0.15) is 41.4 Å². The number of aromatic amines is 1. The van der Waals surface area contributed by atoms with Crippen molar-refractivity contribution < 1.29 is 9.84 Å². The number of aliphatic hydroxyl groups is 1. The second-order valence-corrected chi connectivity index (χ2v) is 10.5. The molecular weight excluding hydrogens is 470 g/mol. The van der Waals surface area contributed by atoms with Gasteiger partial charge < -0.3 is 20.1 Å². The summed E-state index contributed by atoms with van der Waals surface area (Å²) in [6, 6.07) is 17.7. The number of nitrogens with one attached hydrogen (secondary N) is 2. The quantitative estimate of drug-likeness (QED) is 0.284. The van der Waals surface area contributed by atoms with Crippen LogP contribution >= 0.6 is 11.3 Å². The number of ether oxygens (including phenoxy) is 1. The van der Waals surface area contributed by atoms with Crippen LogP contribution in [0.5, 0.6) is 11.5 Å². The van der Waals surface area contributed by atoms with Crippen LogP contribution in [0.4, 0.5) is 5.13 Å². The van der Waals surface area contributed by atoms with Crippen LogP contribution < -0.4 is 10.1 Å². The lowest BCUT2D eigenvalue weighted by Crippen LogP contribution is -2.20. The summed E-state index contributed by atoms with van der Waals surface area (Å²) in [5.74, 6) is 2.25. The van der Waals surface area contributed by atoms with Crippen molar-refractivity contribution in [1.29, 1.82) is 0 Å². The van der Waals surface area contributed by atoms with Crippen LogP contribution in [-0.4, -0.2) is 31.1 Å². The summed E-state index contributed by atoms with van der Waals surface area (Å²) in [4.78, 5) is 17.5. The Bertz CT molecular complexity index is 1550. The predicted octanol–water partition coefficient (Wildman–Crippen LogP) is 5.82. The SMILES string of the molecule is O[C@H]1Cc2ccccc2[C@H]1Nc1nc2ccc(Oc3ccnc(-c4nc5c([nH]4)CCCC5)c3)cc2s1. The standard InChI is InChI=1S/C28H25N5O2S/c34-24-13-16-5-1-2-6-19(16)26(24)33-28-32-22-10-9-17(15-25(22)36-28)35-18-11-12-29-23(14-18)27-30-20-7-3-4-8-21(20)31-27/h1-2,5-6,9-12,14-15,24,26,34H,3-4,7-8,13H2,(H,30,31)(H,32,33)/t24-,26+/m0/s1. The third kappa shape index (κ3) is 3.92. The molecule has 2 atom stereocenters. The first-order valence-corrected chi connectivity index (χ1v) is 13.2. The van der Waals surface area contributed by atoms with Crippen LogP contribution in [0.15, 0.2) is 60.8 Å². The fourth-order valence-electron chi connectivity index (χ4n) is 5.23. The number of aliphatic hydroxyl groups excluding tert-OH is 1. The Balaban J connectivity index is 1.11. The summed E-state index contributed by atoms with van der Waals surface area (Å²) in [5, 5.41) is 14.8. The van der Waals surface area contributed by atoms with Gasteiger partial charge in [0, 0.05) is 30.4 Å². The number of aryl methyl sites for hydroxylation is 2. The van der Waals surface area contributed by atoms with Gasteiger partial charge in [0.05, 0.1) is 28.1 Å². The molecule has 8 heteroatoms. The minimum absolute atomic E-state index is 0.153. The third-order valence-corrected chi connectivity index (χ3v) is 7.96. The van der Waals surface area contributed by atoms with E-state index in [1.165, 1.54) is 24.1 Å². The molecule has 2 aliphatic rings. The van der Waals surface area contributed by atoms with Crippen molar-refractivity contribution in [3.05, 3.63) is 83.3 Å². The van der Waals surface area contributed by atoms with E-state index < -0.39 is 6.10 Å². The van der Waals surface area contributed by atoms with Crippen molar-refractivity contribution >= 4 is 26.7 Å². The maximum Gasteiger partial charge on any atom is 0.184 e. The molecule has 3 aromatic heterocycles. The van der Waals surface area contributed by atoms with Crippen LogP contribution in [0.3, 0.4) is 0 Å². The summed E-state index contributed by atoms with van der Waals surface area (Å²) in [5.41, 5.74) is 6.40. The molecule has 2 aromatic carbocycles. The number of imidazole rings is 1. The summed E-state index contributed by atoms with van der Waals surface area (Å²) in [7, 11) is 0. The Morgan fingerprint density at radius 1 is 1.00 bits per heavy atom. The minimum Gasteiger partial charge on any atom is -0.457 e. The average molecular weight is 496 g/mol. The summed E-state index contributed by atoms with van der Waals surface area (Å²) in [6.45, 7) is 0. The topological polar surface area (TPSA) is 95.9 Å². The van der Waals surface area contributed by atoms with Crippen LogP contribution in [-0.2, 0) is 19.3 Å². The molecule has 0 aliphatic heterocycles. The highest BCUT2D eigenvalue weighted by molar-refractivity contribution is 7.22. The van der Waals surface area contributed by atoms with Gasteiger partial charge in [-0.2, -0.15) is 0 Å². The highest BCUT2D eigenvalue weighted by Gasteiger charge is 2.31. The van der Waals surface area contributed by atoms with Crippen LogP contribution in [0.25, 0.3) is 21.7 Å². The molecule has 5 aromatic rings. The lowest BCUT2D eigenvalue weighted by Gasteiger charge is -2.16. The van der Waals surface area contributed by atoms with Gasteiger partial charge in [-0.1, -0.05) is 35.6 Å². The van der Waals surface area contributed by atoms with Crippen molar-refractivity contribution in [2.75, 3.05) is 5.32 Å². The molecule has 2 aliphatic carbocycles. The second kappa shape index (κ2) is 8.72. The molecule has 0 radical (unpaired) electrons. The fraction of sp³-hybridized carbons (Fsp3) is 0.250. The van der Waals surface area contributed by atoms with E-state index in [0.717, 1.165) is 56.7 Å². The predicted molar refractivity (Wildman–Crippen MR) is 141 cm³/mol. The number of fused-ring (bicyclic) bond motifs is 3. The Hall–Kier alpha value is -3.75. The molecule has 7 nitrogen and oxygen atoms in total. The molecule has 0 unspecified atom stereocenters. The van der Waals surface area contributed by atoms with E-state index in [4.69, 9.17) is 14.7 Å². The molecule has 7 rings (SSSR count). The van der Waals surface area contributed by atoms with Crippen molar-refractivity contribution in [3.8, 4) is 23.0 Å². The molecule has 36 heavy (non-hydrogen) atoms. The Morgan fingerprint density at radius 2 is 1.89 bits per heavy atom. The van der Waals surface area contributed by atoms with Gasteiger partial charge in [-0.3, -0.25) is 4.98 Å². The number of benzene rings is 2. The first-order valence-electron chi connectivity index (χ1n) is 12.3. The van der Waals surface area contributed by atoms with Gasteiger partial charge in [-0.05, 0) is 55.0 Å². The van der Waals surface area contributed by atoms with E-state index in [1.807, 2.05) is 42.5 Å². The number of thiazole rings is 1. The summed E-state index contributed by atoms with van der Waals surface area (Å²) >= 11 is 1.56. The van der Waals surface area contributed by atoms with Gasteiger partial charge in [-0.25, -0.2) is 9.97 Å². The van der Waals surface area contributed by atoms with Gasteiger partial charge in [0.15, 0.2) is 11.0 Å². The van der Waals surface area contributed by atoms with Crippen molar-refractivity contribution in [2.45, 2.75) is 44.2 Å². The van der Waals surface area contributed by atoms with Crippen LogP contribution in [0, 0.1) is 0 Å². The minimum atomic E-state index is -0.464. The number of hydrogen-bond acceptors (Lipinski definition) is 7. The van der Waals surface area contributed by atoms with Crippen LogP contribution in [0.2, 0.25) is 0 Å². The third-order valence-electron chi connectivity index (χ3n) is 7.01.